The first kappa shape index (κ1) is 15.3. The zero-order valence-electron chi connectivity index (χ0n) is 12.0. The van der Waals surface area contributed by atoms with Crippen molar-refractivity contribution in [2.45, 2.75) is 25.0 Å². The Morgan fingerprint density at radius 1 is 1.62 bits per heavy atom. The molecular formula is C15H19N3O3. The Bertz CT molecular complexity index is 582. The van der Waals surface area contributed by atoms with Gasteiger partial charge in [0.25, 0.3) is 5.91 Å². The van der Waals surface area contributed by atoms with Crippen LogP contribution in [0.1, 0.15) is 24.0 Å². The number of ether oxygens (including phenoxy) is 1. The Hall–Kier alpha value is -2.10. The van der Waals surface area contributed by atoms with Crippen molar-refractivity contribution in [1.82, 2.24) is 4.90 Å². The van der Waals surface area contributed by atoms with Crippen molar-refractivity contribution >= 4 is 5.91 Å². The maximum Gasteiger partial charge on any atom is 0.250 e. The molecule has 0 saturated carbocycles. The molecule has 0 aliphatic carbocycles. The van der Waals surface area contributed by atoms with Gasteiger partial charge in [-0.15, -0.1) is 0 Å². The number of likely N-dealkylation sites (tertiary alicyclic amines) is 1. The first-order valence-corrected chi connectivity index (χ1v) is 6.80. The summed E-state index contributed by atoms with van der Waals surface area (Å²) in [4.78, 5) is 13.3. The summed E-state index contributed by atoms with van der Waals surface area (Å²) in [5.74, 6) is -0.00729. The molecule has 0 spiro atoms. The van der Waals surface area contributed by atoms with Gasteiger partial charge in [-0.2, -0.15) is 5.26 Å². The third-order valence-corrected chi connectivity index (χ3v) is 3.81. The lowest BCUT2D eigenvalue weighted by atomic mass is 9.92. The van der Waals surface area contributed by atoms with Crippen molar-refractivity contribution in [2.24, 2.45) is 5.73 Å². The van der Waals surface area contributed by atoms with Crippen LogP contribution in [0.15, 0.2) is 18.2 Å². The van der Waals surface area contributed by atoms with Crippen molar-refractivity contribution in [3.8, 4) is 11.8 Å². The van der Waals surface area contributed by atoms with Crippen LogP contribution in [-0.4, -0.2) is 41.7 Å². The molecule has 1 amide bonds. The Morgan fingerprint density at radius 3 is 3.00 bits per heavy atom. The van der Waals surface area contributed by atoms with E-state index in [9.17, 15) is 9.90 Å². The second-order valence-corrected chi connectivity index (χ2v) is 5.35. The van der Waals surface area contributed by atoms with Crippen LogP contribution in [0.5, 0.6) is 5.75 Å². The van der Waals surface area contributed by atoms with E-state index < -0.39 is 11.5 Å². The van der Waals surface area contributed by atoms with Crippen LogP contribution in [0, 0.1) is 11.3 Å². The summed E-state index contributed by atoms with van der Waals surface area (Å²) in [7, 11) is 1.57. The number of piperidine rings is 1. The maximum absolute atomic E-state index is 11.4. The molecule has 21 heavy (non-hydrogen) atoms. The van der Waals surface area contributed by atoms with Gasteiger partial charge in [0.15, 0.2) is 5.60 Å². The van der Waals surface area contributed by atoms with E-state index >= 15 is 0 Å². The molecule has 0 bridgehead atoms. The number of hydrogen-bond donors (Lipinski definition) is 2. The molecule has 1 aliphatic rings. The molecule has 1 fully saturated rings. The van der Waals surface area contributed by atoms with Gasteiger partial charge in [0.2, 0.25) is 0 Å². The Labute approximate surface area is 123 Å². The average molecular weight is 289 g/mol. The smallest absolute Gasteiger partial charge is 0.250 e. The number of nitriles is 1. The lowest BCUT2D eigenvalue weighted by Crippen LogP contribution is -2.55. The van der Waals surface area contributed by atoms with Crippen molar-refractivity contribution in [1.29, 1.82) is 5.26 Å². The molecule has 1 aromatic rings. The van der Waals surface area contributed by atoms with Crippen LogP contribution in [0.25, 0.3) is 0 Å². The van der Waals surface area contributed by atoms with Crippen molar-refractivity contribution in [3.05, 3.63) is 29.3 Å². The lowest BCUT2D eigenvalue weighted by Gasteiger charge is -2.37. The van der Waals surface area contributed by atoms with Crippen LogP contribution in [-0.2, 0) is 11.3 Å². The number of methoxy groups -OCH3 is 1. The molecule has 0 unspecified atom stereocenters. The van der Waals surface area contributed by atoms with Crippen LogP contribution >= 0.6 is 0 Å². The highest BCUT2D eigenvalue weighted by Gasteiger charge is 2.38. The molecule has 0 radical (unpaired) electrons. The molecule has 2 rings (SSSR count). The molecular weight excluding hydrogens is 270 g/mol. The zero-order valence-corrected chi connectivity index (χ0v) is 12.0. The van der Waals surface area contributed by atoms with E-state index in [0.29, 0.717) is 30.7 Å². The summed E-state index contributed by atoms with van der Waals surface area (Å²) < 4.78 is 5.30. The van der Waals surface area contributed by atoms with E-state index in [0.717, 1.165) is 12.1 Å². The van der Waals surface area contributed by atoms with Crippen LogP contribution in [0.2, 0.25) is 0 Å². The van der Waals surface area contributed by atoms with Gasteiger partial charge in [0.05, 0.1) is 18.7 Å². The van der Waals surface area contributed by atoms with Gasteiger partial charge in [0.1, 0.15) is 5.75 Å². The number of primary amides is 1. The molecule has 1 aromatic carbocycles. The van der Waals surface area contributed by atoms with E-state index in [4.69, 9.17) is 15.7 Å². The number of nitrogens with two attached hydrogens (primary N) is 1. The monoisotopic (exact) mass is 289 g/mol. The standard InChI is InChI=1S/C15H19N3O3/c1-21-13-4-3-11(8-16)7-12(13)9-18-6-2-5-15(20,10-18)14(17)19/h3-4,7,20H,2,5-6,9-10H2,1H3,(H2,17,19)/t15-/m0/s1. The first-order valence-electron chi connectivity index (χ1n) is 6.80. The van der Waals surface area contributed by atoms with Gasteiger partial charge in [0, 0.05) is 18.7 Å². The lowest BCUT2D eigenvalue weighted by molar-refractivity contribution is -0.142. The van der Waals surface area contributed by atoms with E-state index in [1.807, 2.05) is 4.90 Å². The van der Waals surface area contributed by atoms with Crippen molar-refractivity contribution in [2.75, 3.05) is 20.2 Å². The summed E-state index contributed by atoms with van der Waals surface area (Å²) in [5, 5.41) is 19.2. The fraction of sp³-hybridized carbons (Fsp3) is 0.467. The van der Waals surface area contributed by atoms with E-state index in [2.05, 4.69) is 6.07 Å². The molecule has 1 aliphatic heterocycles. The maximum atomic E-state index is 11.4. The van der Waals surface area contributed by atoms with Crippen molar-refractivity contribution in [3.63, 3.8) is 0 Å². The predicted octanol–water partition coefficient (Wildman–Crippen LogP) is 0.379. The second kappa shape index (κ2) is 6.12. The van der Waals surface area contributed by atoms with Gasteiger partial charge >= 0.3 is 0 Å². The topological polar surface area (TPSA) is 99.6 Å². The Kier molecular flexibility index (Phi) is 4.46. The predicted molar refractivity (Wildman–Crippen MR) is 76.4 cm³/mol. The molecule has 3 N–H and O–H groups in total. The number of amides is 1. The van der Waals surface area contributed by atoms with Gasteiger partial charge in [-0.25, -0.2) is 0 Å². The molecule has 1 heterocycles. The first-order chi connectivity index (χ1) is 9.98. The number of nitrogens with zero attached hydrogens (tertiary/aromatic N) is 2. The summed E-state index contributed by atoms with van der Waals surface area (Å²) >= 11 is 0. The zero-order chi connectivity index (χ0) is 15.5. The highest BCUT2D eigenvalue weighted by atomic mass is 16.5. The van der Waals surface area contributed by atoms with Gasteiger partial charge < -0.3 is 15.6 Å². The minimum Gasteiger partial charge on any atom is -0.496 e. The van der Waals surface area contributed by atoms with E-state index in [-0.39, 0.29) is 6.54 Å². The molecule has 112 valence electrons. The van der Waals surface area contributed by atoms with Crippen molar-refractivity contribution < 1.29 is 14.6 Å². The molecule has 6 nitrogen and oxygen atoms in total. The summed E-state index contributed by atoms with van der Waals surface area (Å²) in [6, 6.07) is 7.29. The number of carbonyl (C=O) groups is 1. The molecule has 1 atom stereocenters. The SMILES string of the molecule is COc1ccc(C#N)cc1CN1CCC[C@@](O)(C(N)=O)C1. The van der Waals surface area contributed by atoms with E-state index in [1.54, 1.807) is 25.3 Å². The summed E-state index contributed by atoms with van der Waals surface area (Å²) in [6.07, 6.45) is 1.08. The highest BCUT2D eigenvalue weighted by Crippen LogP contribution is 2.26. The van der Waals surface area contributed by atoms with Gasteiger partial charge in [-0.3, -0.25) is 9.69 Å². The number of β-amino-alcohol motifs (C(OH)–C–C–N with tert-alkyl or cyclic N) is 1. The van der Waals surface area contributed by atoms with Crippen LogP contribution < -0.4 is 10.5 Å². The minimum atomic E-state index is -1.47. The summed E-state index contributed by atoms with van der Waals surface area (Å²) in [5.41, 5.74) is 5.20. The Balaban J connectivity index is 2.18. The average Bonchev–Trinajstić information content (AvgIpc) is 2.47. The number of hydrogen-bond acceptors (Lipinski definition) is 5. The number of aliphatic hydroxyl groups is 1. The van der Waals surface area contributed by atoms with Crippen LogP contribution in [0.4, 0.5) is 0 Å². The third-order valence-electron chi connectivity index (χ3n) is 3.81. The quantitative estimate of drug-likeness (QED) is 0.834. The Morgan fingerprint density at radius 2 is 2.38 bits per heavy atom. The minimum absolute atomic E-state index is 0.197. The summed E-state index contributed by atoms with van der Waals surface area (Å²) in [6.45, 7) is 1.45. The van der Waals surface area contributed by atoms with E-state index in [1.165, 1.54) is 0 Å². The third kappa shape index (κ3) is 3.32. The molecule has 6 heteroatoms. The number of rotatable bonds is 4. The normalized spacial score (nSPS) is 22.5. The molecule has 0 aromatic heterocycles. The fourth-order valence-electron chi connectivity index (χ4n) is 2.67. The number of carbonyl (C=O) groups excluding carboxylic acids is 1. The van der Waals surface area contributed by atoms with Gasteiger partial charge in [-0.1, -0.05) is 0 Å². The molecule has 1 saturated heterocycles. The number of benzene rings is 1. The van der Waals surface area contributed by atoms with Gasteiger partial charge in [-0.05, 0) is 37.6 Å². The second-order valence-electron chi connectivity index (χ2n) is 5.35. The van der Waals surface area contributed by atoms with Crippen LogP contribution in [0.3, 0.4) is 0 Å². The highest BCUT2D eigenvalue weighted by molar-refractivity contribution is 5.83. The largest absolute Gasteiger partial charge is 0.496 e. The fourth-order valence-corrected chi connectivity index (χ4v) is 2.67.